The van der Waals surface area contributed by atoms with Crippen molar-refractivity contribution in [2.45, 2.75) is 33.7 Å². The summed E-state index contributed by atoms with van der Waals surface area (Å²) in [6.07, 6.45) is 0. The summed E-state index contributed by atoms with van der Waals surface area (Å²) in [5, 5.41) is 11.2. The zero-order chi connectivity index (χ0) is 22.3. The molecule has 1 unspecified atom stereocenters. The molecule has 3 aromatic carbocycles. The molecule has 4 nitrogen and oxygen atoms in total. The molecule has 0 aliphatic carbocycles. The lowest BCUT2D eigenvalue weighted by Gasteiger charge is -2.27. The molecular weight excluding hydrogens is 386 g/mol. The summed E-state index contributed by atoms with van der Waals surface area (Å²) < 4.78 is 0. The molecule has 0 aromatic heterocycles. The fraction of sp³-hybridized carbons (Fsp3) is 0.185. The largest absolute Gasteiger partial charge is 0.507 e. The van der Waals surface area contributed by atoms with Crippen LogP contribution in [-0.2, 0) is 9.59 Å². The van der Waals surface area contributed by atoms with Crippen LogP contribution in [0.5, 0.6) is 0 Å². The van der Waals surface area contributed by atoms with Crippen molar-refractivity contribution < 1.29 is 14.7 Å². The normalized spacial score (nSPS) is 17.9. The van der Waals surface area contributed by atoms with Crippen LogP contribution < -0.4 is 4.90 Å². The summed E-state index contributed by atoms with van der Waals surface area (Å²) >= 11 is 0. The molecule has 1 heterocycles. The van der Waals surface area contributed by atoms with Gasteiger partial charge in [0.1, 0.15) is 5.76 Å². The highest BCUT2D eigenvalue weighted by molar-refractivity contribution is 6.51. The van der Waals surface area contributed by atoms with E-state index in [2.05, 4.69) is 0 Å². The number of hydrogen-bond donors (Lipinski definition) is 1. The first kappa shape index (κ1) is 20.6. The molecule has 156 valence electrons. The number of aryl methyl sites for hydroxylation is 4. The Morgan fingerprint density at radius 2 is 1.48 bits per heavy atom. The van der Waals surface area contributed by atoms with E-state index in [1.165, 1.54) is 4.90 Å². The number of Topliss-reactive ketones (excluding diaryl/α,β-unsaturated/α-hetero) is 1. The fourth-order valence-electron chi connectivity index (χ4n) is 4.05. The van der Waals surface area contributed by atoms with Crippen LogP contribution in [-0.4, -0.2) is 16.8 Å². The highest BCUT2D eigenvalue weighted by Gasteiger charge is 2.47. The molecule has 1 fully saturated rings. The van der Waals surface area contributed by atoms with Crippen LogP contribution in [0.15, 0.2) is 72.3 Å². The molecule has 1 amide bonds. The molecule has 1 saturated heterocycles. The molecule has 1 atom stereocenters. The SMILES string of the molecule is Cc1ccc(C)c(N2C(=O)C(=O)/C(=C(\O)c3ccc(C)c(C)c3)C2c2ccccc2)c1. The molecular formula is C27H25NO3. The van der Waals surface area contributed by atoms with Gasteiger partial charge in [-0.3, -0.25) is 14.5 Å². The second-order valence-electron chi connectivity index (χ2n) is 8.17. The molecule has 0 bridgehead atoms. The Hall–Kier alpha value is -3.66. The van der Waals surface area contributed by atoms with Gasteiger partial charge in [0.15, 0.2) is 0 Å². The average molecular weight is 412 g/mol. The lowest BCUT2D eigenvalue weighted by Crippen LogP contribution is -2.30. The second kappa shape index (κ2) is 7.88. The van der Waals surface area contributed by atoms with Gasteiger partial charge < -0.3 is 5.11 Å². The van der Waals surface area contributed by atoms with E-state index in [-0.39, 0.29) is 11.3 Å². The Kier molecular flexibility index (Phi) is 5.24. The van der Waals surface area contributed by atoms with Crippen molar-refractivity contribution in [3.63, 3.8) is 0 Å². The van der Waals surface area contributed by atoms with Crippen LogP contribution in [0.3, 0.4) is 0 Å². The summed E-state index contributed by atoms with van der Waals surface area (Å²) in [5.74, 6) is -1.46. The molecule has 3 aromatic rings. The lowest BCUT2D eigenvalue weighted by atomic mass is 9.94. The monoisotopic (exact) mass is 411 g/mol. The van der Waals surface area contributed by atoms with Crippen LogP contribution in [0.25, 0.3) is 5.76 Å². The number of hydrogen-bond acceptors (Lipinski definition) is 3. The molecule has 0 spiro atoms. The Morgan fingerprint density at radius 3 is 2.16 bits per heavy atom. The van der Waals surface area contributed by atoms with Crippen LogP contribution in [0.1, 0.15) is 39.4 Å². The first-order valence-electron chi connectivity index (χ1n) is 10.3. The molecule has 0 saturated carbocycles. The van der Waals surface area contributed by atoms with Gasteiger partial charge in [-0.2, -0.15) is 0 Å². The third-order valence-electron chi connectivity index (χ3n) is 5.96. The quantitative estimate of drug-likeness (QED) is 0.349. The van der Waals surface area contributed by atoms with E-state index in [1.54, 1.807) is 6.07 Å². The van der Waals surface area contributed by atoms with E-state index < -0.39 is 17.7 Å². The van der Waals surface area contributed by atoms with Crippen LogP contribution in [0, 0.1) is 27.7 Å². The summed E-state index contributed by atoms with van der Waals surface area (Å²) in [4.78, 5) is 28.0. The predicted octanol–water partition coefficient (Wildman–Crippen LogP) is 5.55. The Labute approximate surface area is 182 Å². The number of carbonyl (C=O) groups excluding carboxylic acids is 2. The topological polar surface area (TPSA) is 57.6 Å². The third kappa shape index (κ3) is 3.55. The van der Waals surface area contributed by atoms with Crippen LogP contribution in [0.2, 0.25) is 0 Å². The van der Waals surface area contributed by atoms with Crippen molar-refractivity contribution in [1.82, 2.24) is 0 Å². The number of carbonyl (C=O) groups is 2. The summed E-state index contributed by atoms with van der Waals surface area (Å²) in [7, 11) is 0. The fourth-order valence-corrected chi connectivity index (χ4v) is 4.05. The van der Waals surface area contributed by atoms with Gasteiger partial charge in [0.05, 0.1) is 11.6 Å². The lowest BCUT2D eigenvalue weighted by molar-refractivity contribution is -0.132. The molecule has 31 heavy (non-hydrogen) atoms. The summed E-state index contributed by atoms with van der Waals surface area (Å²) in [6, 6.07) is 20.0. The number of anilines is 1. The van der Waals surface area contributed by atoms with Crippen molar-refractivity contribution in [3.8, 4) is 0 Å². The van der Waals surface area contributed by atoms with E-state index in [1.807, 2.05) is 88.4 Å². The van der Waals surface area contributed by atoms with Gasteiger partial charge >= 0.3 is 0 Å². The first-order valence-corrected chi connectivity index (χ1v) is 10.3. The smallest absolute Gasteiger partial charge is 0.300 e. The van der Waals surface area contributed by atoms with E-state index in [9.17, 15) is 14.7 Å². The average Bonchev–Trinajstić information content (AvgIpc) is 3.02. The van der Waals surface area contributed by atoms with Gasteiger partial charge in [-0.15, -0.1) is 0 Å². The van der Waals surface area contributed by atoms with Crippen molar-refractivity contribution in [3.05, 3.63) is 106 Å². The van der Waals surface area contributed by atoms with E-state index in [4.69, 9.17) is 0 Å². The zero-order valence-electron chi connectivity index (χ0n) is 18.1. The Morgan fingerprint density at radius 1 is 0.806 bits per heavy atom. The number of benzene rings is 3. The minimum atomic E-state index is -0.705. The summed E-state index contributed by atoms with van der Waals surface area (Å²) in [6.45, 7) is 7.81. The minimum Gasteiger partial charge on any atom is -0.507 e. The molecule has 0 radical (unpaired) electrons. The van der Waals surface area contributed by atoms with Gasteiger partial charge in [0, 0.05) is 11.3 Å². The van der Waals surface area contributed by atoms with E-state index in [0.29, 0.717) is 11.3 Å². The predicted molar refractivity (Wildman–Crippen MR) is 123 cm³/mol. The van der Waals surface area contributed by atoms with Gasteiger partial charge in [0.2, 0.25) is 0 Å². The van der Waals surface area contributed by atoms with Gasteiger partial charge in [-0.05, 0) is 67.6 Å². The maximum absolute atomic E-state index is 13.3. The molecule has 4 heteroatoms. The molecule has 1 N–H and O–H groups in total. The van der Waals surface area contributed by atoms with Gasteiger partial charge in [-0.1, -0.05) is 54.6 Å². The first-order chi connectivity index (χ1) is 14.8. The van der Waals surface area contributed by atoms with Gasteiger partial charge in [-0.25, -0.2) is 0 Å². The highest BCUT2D eigenvalue weighted by Crippen LogP contribution is 2.43. The van der Waals surface area contributed by atoms with Crippen molar-refractivity contribution in [2.75, 3.05) is 4.90 Å². The standard InChI is InChI=1S/C27H25NO3/c1-16-10-11-18(3)22(14-16)28-24(20-8-6-5-7-9-20)23(26(30)27(28)31)25(29)21-13-12-17(2)19(4)15-21/h5-15,24,29H,1-4H3/b25-23-. The molecule has 1 aliphatic heterocycles. The molecule has 1 aliphatic rings. The Bertz CT molecular complexity index is 1220. The van der Waals surface area contributed by atoms with Crippen LogP contribution >= 0.6 is 0 Å². The maximum atomic E-state index is 13.3. The maximum Gasteiger partial charge on any atom is 0.300 e. The number of aliphatic hydroxyl groups excluding tert-OH is 1. The number of aliphatic hydroxyl groups is 1. The minimum absolute atomic E-state index is 0.111. The third-order valence-corrected chi connectivity index (χ3v) is 5.96. The Balaban J connectivity index is 1.98. The number of nitrogens with zero attached hydrogens (tertiary/aromatic N) is 1. The molecule has 4 rings (SSSR count). The van der Waals surface area contributed by atoms with E-state index >= 15 is 0 Å². The zero-order valence-corrected chi connectivity index (χ0v) is 18.1. The van der Waals surface area contributed by atoms with Crippen molar-refractivity contribution in [1.29, 1.82) is 0 Å². The van der Waals surface area contributed by atoms with Crippen molar-refractivity contribution in [2.24, 2.45) is 0 Å². The van der Waals surface area contributed by atoms with E-state index in [0.717, 1.165) is 27.8 Å². The van der Waals surface area contributed by atoms with Gasteiger partial charge in [0.25, 0.3) is 11.7 Å². The number of rotatable bonds is 3. The highest BCUT2D eigenvalue weighted by atomic mass is 16.3. The number of ketones is 1. The second-order valence-corrected chi connectivity index (χ2v) is 8.17. The van der Waals surface area contributed by atoms with Crippen molar-refractivity contribution >= 4 is 23.1 Å². The number of amides is 1. The van der Waals surface area contributed by atoms with Crippen LogP contribution in [0.4, 0.5) is 5.69 Å². The summed E-state index contributed by atoms with van der Waals surface area (Å²) in [5.41, 5.74) is 6.06.